The van der Waals surface area contributed by atoms with Crippen LogP contribution in [0.2, 0.25) is 0 Å². The largest absolute Gasteiger partial charge is 0.345 e. The molecule has 0 bridgehead atoms. The van der Waals surface area contributed by atoms with Crippen LogP contribution in [-0.4, -0.2) is 18.0 Å². The Bertz CT molecular complexity index is 448. The Kier molecular flexibility index (Phi) is 3.71. The van der Waals surface area contributed by atoms with Crippen LogP contribution in [0.5, 0.6) is 0 Å². The van der Waals surface area contributed by atoms with Gasteiger partial charge in [-0.3, -0.25) is 4.79 Å². The minimum atomic E-state index is -0.171. The van der Waals surface area contributed by atoms with Crippen LogP contribution >= 0.6 is 0 Å². The van der Waals surface area contributed by atoms with E-state index in [1.54, 1.807) is 0 Å². The lowest BCUT2D eigenvalue weighted by Gasteiger charge is -2.28. The zero-order valence-electron chi connectivity index (χ0n) is 11.3. The maximum atomic E-state index is 12.3. The molecule has 1 saturated carbocycles. The van der Waals surface area contributed by atoms with Gasteiger partial charge in [-0.1, -0.05) is 18.9 Å². The predicted octanol–water partition coefficient (Wildman–Crippen LogP) is 2.30. The highest BCUT2D eigenvalue weighted by Crippen LogP contribution is 2.29. The Morgan fingerprint density at radius 1 is 1.28 bits per heavy atom. The highest BCUT2D eigenvalue weighted by atomic mass is 16.1. The van der Waals surface area contributed by atoms with Gasteiger partial charge < -0.3 is 11.1 Å². The SMILES string of the molecule is Cc1ccc(C(=O)NC2(CN)CCCC2)cc1C. The molecule has 1 fully saturated rings. The topological polar surface area (TPSA) is 55.1 Å². The number of hydrogen-bond acceptors (Lipinski definition) is 2. The average Bonchev–Trinajstić information content (AvgIpc) is 2.82. The van der Waals surface area contributed by atoms with Crippen LogP contribution in [0, 0.1) is 13.8 Å². The maximum Gasteiger partial charge on any atom is 0.251 e. The molecule has 2 rings (SSSR count). The van der Waals surface area contributed by atoms with Crippen LogP contribution in [0.25, 0.3) is 0 Å². The standard InChI is InChI=1S/C15H22N2O/c1-11-5-6-13(9-12(11)2)14(18)17-15(10-16)7-3-4-8-15/h5-6,9H,3-4,7-8,10,16H2,1-2H3,(H,17,18). The summed E-state index contributed by atoms with van der Waals surface area (Å²) in [6, 6.07) is 5.83. The first kappa shape index (κ1) is 13.1. The van der Waals surface area contributed by atoms with Gasteiger partial charge in [0.1, 0.15) is 0 Å². The van der Waals surface area contributed by atoms with Crippen molar-refractivity contribution >= 4 is 5.91 Å². The zero-order valence-corrected chi connectivity index (χ0v) is 11.3. The van der Waals surface area contributed by atoms with Gasteiger partial charge in [0.2, 0.25) is 0 Å². The van der Waals surface area contributed by atoms with Crippen molar-refractivity contribution < 1.29 is 4.79 Å². The van der Waals surface area contributed by atoms with Crippen molar-refractivity contribution in [3.05, 3.63) is 34.9 Å². The number of carbonyl (C=O) groups excluding carboxylic acids is 1. The molecule has 18 heavy (non-hydrogen) atoms. The molecule has 0 radical (unpaired) electrons. The number of rotatable bonds is 3. The Balaban J connectivity index is 2.13. The first-order valence-electron chi connectivity index (χ1n) is 6.66. The van der Waals surface area contributed by atoms with Gasteiger partial charge in [-0.15, -0.1) is 0 Å². The molecule has 0 atom stereocenters. The molecule has 1 aromatic rings. The molecule has 3 heteroatoms. The molecular formula is C15H22N2O. The molecule has 1 aromatic carbocycles. The van der Waals surface area contributed by atoms with Crippen molar-refractivity contribution in [1.29, 1.82) is 0 Å². The van der Waals surface area contributed by atoms with Crippen molar-refractivity contribution in [2.45, 2.75) is 45.1 Å². The lowest BCUT2D eigenvalue weighted by molar-refractivity contribution is 0.0903. The molecular weight excluding hydrogens is 224 g/mol. The molecule has 0 unspecified atom stereocenters. The summed E-state index contributed by atoms with van der Waals surface area (Å²) in [5, 5.41) is 3.14. The van der Waals surface area contributed by atoms with Crippen LogP contribution in [0.1, 0.15) is 47.2 Å². The highest BCUT2D eigenvalue weighted by molar-refractivity contribution is 5.95. The molecule has 0 aliphatic heterocycles. The Hall–Kier alpha value is -1.35. The van der Waals surface area contributed by atoms with E-state index in [0.29, 0.717) is 6.54 Å². The fraction of sp³-hybridized carbons (Fsp3) is 0.533. The number of hydrogen-bond donors (Lipinski definition) is 2. The number of nitrogens with one attached hydrogen (secondary N) is 1. The van der Waals surface area contributed by atoms with Gasteiger partial charge >= 0.3 is 0 Å². The molecule has 0 aromatic heterocycles. The third-order valence-corrected chi connectivity index (χ3v) is 4.10. The van der Waals surface area contributed by atoms with E-state index < -0.39 is 0 Å². The smallest absolute Gasteiger partial charge is 0.251 e. The van der Waals surface area contributed by atoms with E-state index >= 15 is 0 Å². The van der Waals surface area contributed by atoms with Crippen molar-refractivity contribution in [3.63, 3.8) is 0 Å². The van der Waals surface area contributed by atoms with Crippen molar-refractivity contribution in [3.8, 4) is 0 Å². The number of aryl methyl sites for hydroxylation is 2. The molecule has 1 amide bonds. The number of nitrogens with two attached hydrogens (primary N) is 1. The molecule has 98 valence electrons. The van der Waals surface area contributed by atoms with Crippen LogP contribution < -0.4 is 11.1 Å². The normalized spacial score (nSPS) is 17.7. The van der Waals surface area contributed by atoms with Gasteiger partial charge in [-0.25, -0.2) is 0 Å². The van der Waals surface area contributed by atoms with E-state index in [1.165, 1.54) is 5.56 Å². The number of benzene rings is 1. The summed E-state index contributed by atoms with van der Waals surface area (Å²) in [6.07, 6.45) is 4.31. The summed E-state index contributed by atoms with van der Waals surface area (Å²) in [5.74, 6) is 0.00505. The predicted molar refractivity (Wildman–Crippen MR) is 73.6 cm³/mol. The Morgan fingerprint density at radius 2 is 1.94 bits per heavy atom. The van der Waals surface area contributed by atoms with E-state index in [-0.39, 0.29) is 11.4 Å². The number of carbonyl (C=O) groups is 1. The summed E-state index contributed by atoms with van der Waals surface area (Å²) >= 11 is 0. The van der Waals surface area contributed by atoms with Crippen LogP contribution in [0.15, 0.2) is 18.2 Å². The van der Waals surface area contributed by atoms with E-state index in [1.807, 2.05) is 25.1 Å². The average molecular weight is 246 g/mol. The summed E-state index contributed by atoms with van der Waals surface area (Å²) in [4.78, 5) is 12.3. The molecule has 3 nitrogen and oxygen atoms in total. The lowest BCUT2D eigenvalue weighted by Crippen LogP contribution is -2.51. The van der Waals surface area contributed by atoms with E-state index in [0.717, 1.165) is 36.8 Å². The third-order valence-electron chi connectivity index (χ3n) is 4.10. The fourth-order valence-electron chi connectivity index (χ4n) is 2.63. The molecule has 3 N–H and O–H groups in total. The van der Waals surface area contributed by atoms with Crippen LogP contribution in [-0.2, 0) is 0 Å². The molecule has 1 aliphatic rings. The van der Waals surface area contributed by atoms with Crippen molar-refractivity contribution in [2.24, 2.45) is 5.73 Å². The zero-order chi connectivity index (χ0) is 13.2. The van der Waals surface area contributed by atoms with Gasteiger partial charge in [0.25, 0.3) is 5.91 Å². The Labute approximate surface area is 109 Å². The monoisotopic (exact) mass is 246 g/mol. The molecule has 1 aliphatic carbocycles. The second-order valence-corrected chi connectivity index (χ2v) is 5.44. The summed E-state index contributed by atoms with van der Waals surface area (Å²) in [7, 11) is 0. The highest BCUT2D eigenvalue weighted by Gasteiger charge is 2.34. The minimum Gasteiger partial charge on any atom is -0.345 e. The van der Waals surface area contributed by atoms with Gasteiger partial charge in [0, 0.05) is 12.1 Å². The van der Waals surface area contributed by atoms with E-state index in [4.69, 9.17) is 5.73 Å². The van der Waals surface area contributed by atoms with Gasteiger partial charge in [0.05, 0.1) is 5.54 Å². The van der Waals surface area contributed by atoms with Crippen molar-refractivity contribution in [1.82, 2.24) is 5.32 Å². The maximum absolute atomic E-state index is 12.3. The van der Waals surface area contributed by atoms with E-state index in [2.05, 4.69) is 12.2 Å². The number of amides is 1. The first-order chi connectivity index (χ1) is 8.56. The second-order valence-electron chi connectivity index (χ2n) is 5.44. The lowest BCUT2D eigenvalue weighted by atomic mass is 9.96. The molecule has 0 heterocycles. The quantitative estimate of drug-likeness (QED) is 0.860. The van der Waals surface area contributed by atoms with Gasteiger partial charge in [-0.2, -0.15) is 0 Å². The Morgan fingerprint density at radius 3 is 2.50 bits per heavy atom. The molecule has 0 spiro atoms. The van der Waals surface area contributed by atoms with Gasteiger partial charge in [0.15, 0.2) is 0 Å². The second kappa shape index (κ2) is 5.11. The third kappa shape index (κ3) is 2.56. The summed E-state index contributed by atoms with van der Waals surface area (Å²) < 4.78 is 0. The summed E-state index contributed by atoms with van der Waals surface area (Å²) in [6.45, 7) is 4.61. The first-order valence-corrected chi connectivity index (χ1v) is 6.66. The van der Waals surface area contributed by atoms with Crippen molar-refractivity contribution in [2.75, 3.05) is 6.54 Å². The molecule has 0 saturated heterocycles. The minimum absolute atomic E-state index is 0.00505. The fourth-order valence-corrected chi connectivity index (χ4v) is 2.63. The van der Waals surface area contributed by atoms with E-state index in [9.17, 15) is 4.79 Å². The van der Waals surface area contributed by atoms with Gasteiger partial charge in [-0.05, 0) is 49.9 Å². The van der Waals surface area contributed by atoms with Crippen LogP contribution in [0.4, 0.5) is 0 Å². The summed E-state index contributed by atoms with van der Waals surface area (Å²) in [5.41, 5.74) is 8.76. The van der Waals surface area contributed by atoms with Crippen LogP contribution in [0.3, 0.4) is 0 Å².